The zero-order chi connectivity index (χ0) is 10.8. The standard InChI is InChI=1S/C13H19Cl/c1-10(13(2,3)4)12-7-5-11(9-14)6-8-12/h5-8,10H,9H2,1-4H3. The van der Waals surface area contributed by atoms with Crippen molar-refractivity contribution in [1.29, 1.82) is 0 Å². The van der Waals surface area contributed by atoms with Crippen LogP contribution in [0, 0.1) is 5.41 Å². The lowest BCUT2D eigenvalue weighted by Gasteiger charge is -2.27. The lowest BCUT2D eigenvalue weighted by molar-refractivity contribution is 0.339. The maximum absolute atomic E-state index is 5.75. The highest BCUT2D eigenvalue weighted by molar-refractivity contribution is 6.17. The molecule has 0 nitrogen and oxygen atoms in total. The SMILES string of the molecule is CC(c1ccc(CCl)cc1)C(C)(C)C. The molecule has 0 bridgehead atoms. The van der Waals surface area contributed by atoms with Crippen LogP contribution in [0.5, 0.6) is 0 Å². The van der Waals surface area contributed by atoms with Gasteiger partial charge in [0.25, 0.3) is 0 Å². The third kappa shape index (κ3) is 2.75. The van der Waals surface area contributed by atoms with Gasteiger partial charge in [-0.25, -0.2) is 0 Å². The molecule has 1 rings (SSSR count). The van der Waals surface area contributed by atoms with Crippen LogP contribution < -0.4 is 0 Å². The van der Waals surface area contributed by atoms with Gasteiger partial charge in [0.1, 0.15) is 0 Å². The zero-order valence-electron chi connectivity index (χ0n) is 9.47. The third-order valence-corrected chi connectivity index (χ3v) is 3.24. The Kier molecular flexibility index (Phi) is 3.60. The van der Waals surface area contributed by atoms with E-state index in [-0.39, 0.29) is 0 Å². The summed E-state index contributed by atoms with van der Waals surface area (Å²) in [6, 6.07) is 8.61. The van der Waals surface area contributed by atoms with E-state index in [1.165, 1.54) is 11.1 Å². The van der Waals surface area contributed by atoms with Crippen molar-refractivity contribution >= 4 is 11.6 Å². The van der Waals surface area contributed by atoms with Crippen LogP contribution in [-0.2, 0) is 5.88 Å². The first kappa shape index (κ1) is 11.6. The Labute approximate surface area is 92.3 Å². The Morgan fingerprint density at radius 3 is 2.00 bits per heavy atom. The van der Waals surface area contributed by atoms with Gasteiger partial charge >= 0.3 is 0 Å². The van der Waals surface area contributed by atoms with Gasteiger partial charge in [0.2, 0.25) is 0 Å². The molecule has 0 saturated heterocycles. The number of benzene rings is 1. The summed E-state index contributed by atoms with van der Waals surface area (Å²) >= 11 is 5.75. The van der Waals surface area contributed by atoms with E-state index in [0.29, 0.717) is 17.2 Å². The number of halogens is 1. The largest absolute Gasteiger partial charge is 0.122 e. The molecule has 0 fully saturated rings. The van der Waals surface area contributed by atoms with Crippen LogP contribution in [0.4, 0.5) is 0 Å². The summed E-state index contributed by atoms with van der Waals surface area (Å²) < 4.78 is 0. The van der Waals surface area contributed by atoms with Gasteiger partial charge in [-0.1, -0.05) is 52.0 Å². The van der Waals surface area contributed by atoms with Gasteiger partial charge in [0.15, 0.2) is 0 Å². The monoisotopic (exact) mass is 210 g/mol. The molecule has 0 aliphatic carbocycles. The van der Waals surface area contributed by atoms with E-state index in [1.807, 2.05) is 0 Å². The normalized spacial score (nSPS) is 14.1. The van der Waals surface area contributed by atoms with Gasteiger partial charge in [-0.3, -0.25) is 0 Å². The fourth-order valence-electron chi connectivity index (χ4n) is 1.40. The van der Waals surface area contributed by atoms with E-state index in [0.717, 1.165) is 0 Å². The van der Waals surface area contributed by atoms with Crippen molar-refractivity contribution in [2.45, 2.75) is 39.5 Å². The maximum Gasteiger partial charge on any atom is 0.0474 e. The lowest BCUT2D eigenvalue weighted by Crippen LogP contribution is -2.15. The molecular formula is C13H19Cl. The van der Waals surface area contributed by atoms with Crippen molar-refractivity contribution < 1.29 is 0 Å². The average Bonchev–Trinajstić information content (AvgIpc) is 2.15. The molecule has 14 heavy (non-hydrogen) atoms. The van der Waals surface area contributed by atoms with Crippen LogP contribution in [-0.4, -0.2) is 0 Å². The molecule has 1 unspecified atom stereocenters. The summed E-state index contributed by atoms with van der Waals surface area (Å²) in [4.78, 5) is 0. The van der Waals surface area contributed by atoms with E-state index in [1.54, 1.807) is 0 Å². The zero-order valence-corrected chi connectivity index (χ0v) is 10.2. The highest BCUT2D eigenvalue weighted by Crippen LogP contribution is 2.34. The fraction of sp³-hybridized carbons (Fsp3) is 0.538. The molecule has 0 radical (unpaired) electrons. The first-order valence-electron chi connectivity index (χ1n) is 5.10. The van der Waals surface area contributed by atoms with Crippen molar-refractivity contribution in [3.05, 3.63) is 35.4 Å². The Morgan fingerprint density at radius 1 is 1.14 bits per heavy atom. The molecule has 1 aromatic rings. The summed E-state index contributed by atoms with van der Waals surface area (Å²) in [6.07, 6.45) is 0. The summed E-state index contributed by atoms with van der Waals surface area (Å²) in [5.41, 5.74) is 2.91. The first-order chi connectivity index (χ1) is 6.45. The van der Waals surface area contributed by atoms with Gasteiger partial charge in [0, 0.05) is 5.88 Å². The highest BCUT2D eigenvalue weighted by atomic mass is 35.5. The van der Waals surface area contributed by atoms with Crippen molar-refractivity contribution in [2.24, 2.45) is 5.41 Å². The Morgan fingerprint density at radius 2 is 1.64 bits per heavy atom. The molecule has 1 heteroatoms. The van der Waals surface area contributed by atoms with Gasteiger partial charge in [0.05, 0.1) is 0 Å². The second kappa shape index (κ2) is 4.35. The summed E-state index contributed by atoms with van der Waals surface area (Å²) in [5, 5.41) is 0. The summed E-state index contributed by atoms with van der Waals surface area (Å²) in [6.45, 7) is 9.09. The Bertz CT molecular complexity index is 279. The van der Waals surface area contributed by atoms with Gasteiger partial charge < -0.3 is 0 Å². The summed E-state index contributed by atoms with van der Waals surface area (Å²) in [5.74, 6) is 1.18. The predicted molar refractivity (Wildman–Crippen MR) is 63.9 cm³/mol. The van der Waals surface area contributed by atoms with Gasteiger partial charge in [-0.05, 0) is 22.5 Å². The van der Waals surface area contributed by atoms with Crippen LogP contribution in [0.1, 0.15) is 44.7 Å². The smallest absolute Gasteiger partial charge is 0.0474 e. The van der Waals surface area contributed by atoms with Crippen molar-refractivity contribution in [3.8, 4) is 0 Å². The molecule has 0 amide bonds. The van der Waals surface area contributed by atoms with Crippen molar-refractivity contribution in [2.75, 3.05) is 0 Å². The van der Waals surface area contributed by atoms with E-state index in [4.69, 9.17) is 11.6 Å². The molecule has 0 aliphatic heterocycles. The van der Waals surface area contributed by atoms with Crippen LogP contribution in [0.3, 0.4) is 0 Å². The summed E-state index contributed by atoms with van der Waals surface area (Å²) in [7, 11) is 0. The molecule has 0 spiro atoms. The number of hydrogen-bond donors (Lipinski definition) is 0. The number of hydrogen-bond acceptors (Lipinski definition) is 0. The molecule has 0 aliphatic rings. The molecular weight excluding hydrogens is 192 g/mol. The topological polar surface area (TPSA) is 0 Å². The molecule has 0 saturated carbocycles. The van der Waals surface area contributed by atoms with Crippen LogP contribution in [0.2, 0.25) is 0 Å². The second-order valence-corrected chi connectivity index (χ2v) is 5.23. The van der Waals surface area contributed by atoms with E-state index in [9.17, 15) is 0 Å². The average molecular weight is 211 g/mol. The molecule has 0 aromatic heterocycles. The lowest BCUT2D eigenvalue weighted by atomic mass is 9.78. The number of alkyl halides is 1. The Hall–Kier alpha value is -0.490. The van der Waals surface area contributed by atoms with Gasteiger partial charge in [-0.15, -0.1) is 11.6 Å². The minimum Gasteiger partial charge on any atom is -0.122 e. The fourth-order valence-corrected chi connectivity index (χ4v) is 1.57. The van der Waals surface area contributed by atoms with Crippen LogP contribution in [0.25, 0.3) is 0 Å². The van der Waals surface area contributed by atoms with E-state index < -0.39 is 0 Å². The highest BCUT2D eigenvalue weighted by Gasteiger charge is 2.21. The van der Waals surface area contributed by atoms with Gasteiger partial charge in [-0.2, -0.15) is 0 Å². The maximum atomic E-state index is 5.75. The van der Waals surface area contributed by atoms with Crippen LogP contribution in [0.15, 0.2) is 24.3 Å². The minimum atomic E-state index is 0.322. The molecule has 0 heterocycles. The second-order valence-electron chi connectivity index (χ2n) is 4.96. The minimum absolute atomic E-state index is 0.322. The molecule has 0 N–H and O–H groups in total. The quantitative estimate of drug-likeness (QED) is 0.627. The first-order valence-corrected chi connectivity index (χ1v) is 5.63. The molecule has 78 valence electrons. The molecule has 1 atom stereocenters. The van der Waals surface area contributed by atoms with Crippen molar-refractivity contribution in [1.82, 2.24) is 0 Å². The number of rotatable bonds is 2. The van der Waals surface area contributed by atoms with E-state index in [2.05, 4.69) is 52.0 Å². The predicted octanol–water partition coefficient (Wildman–Crippen LogP) is 4.58. The van der Waals surface area contributed by atoms with Crippen LogP contribution >= 0.6 is 11.6 Å². The molecule has 1 aromatic carbocycles. The Balaban J connectivity index is 2.87. The third-order valence-electron chi connectivity index (χ3n) is 2.93. The van der Waals surface area contributed by atoms with Crippen molar-refractivity contribution in [3.63, 3.8) is 0 Å². The van der Waals surface area contributed by atoms with E-state index >= 15 is 0 Å².